The van der Waals surface area contributed by atoms with Crippen LogP contribution in [0.3, 0.4) is 0 Å². The molecule has 5 nitrogen and oxygen atoms in total. The summed E-state index contributed by atoms with van der Waals surface area (Å²) in [5, 5.41) is 14.0. The molecule has 0 amide bonds. The summed E-state index contributed by atoms with van der Waals surface area (Å²) in [6.45, 7) is 0. The van der Waals surface area contributed by atoms with Gasteiger partial charge in [0.05, 0.1) is 23.7 Å². The Hall–Kier alpha value is -1.40. The molecule has 0 spiro atoms. The summed E-state index contributed by atoms with van der Waals surface area (Å²) >= 11 is 3.31. The molecule has 0 radical (unpaired) electrons. The van der Waals surface area contributed by atoms with Crippen LogP contribution in [0.1, 0.15) is 31.0 Å². The van der Waals surface area contributed by atoms with Crippen molar-refractivity contribution < 1.29 is 14.4 Å². The van der Waals surface area contributed by atoms with Crippen LogP contribution in [0.4, 0.5) is 0 Å². The molecule has 3 heterocycles. The zero-order chi connectivity index (χ0) is 13.7. The second-order valence-corrected chi connectivity index (χ2v) is 6.25. The van der Waals surface area contributed by atoms with Crippen LogP contribution in [0.5, 0.6) is 5.75 Å². The quantitative estimate of drug-likeness (QED) is 0.911. The number of hydrogen-bond acceptors (Lipinski definition) is 5. The maximum atomic E-state index is 9.94. The number of halogens is 1. The summed E-state index contributed by atoms with van der Waals surface area (Å²) < 4.78 is 11.9. The Balaban J connectivity index is 1.65. The van der Waals surface area contributed by atoms with E-state index in [2.05, 4.69) is 26.1 Å². The third-order valence-corrected chi connectivity index (χ3v) is 4.56. The number of nitrogens with zero attached hydrogens (tertiary/aromatic N) is 2. The average Bonchev–Trinajstić information content (AvgIpc) is 3.14. The molecule has 6 heteroatoms. The Bertz CT molecular complexity index is 658. The van der Waals surface area contributed by atoms with E-state index in [1.807, 2.05) is 6.07 Å². The normalized spacial score (nSPS) is 28.1. The van der Waals surface area contributed by atoms with Crippen molar-refractivity contribution in [3.05, 3.63) is 28.5 Å². The van der Waals surface area contributed by atoms with Gasteiger partial charge in [-0.3, -0.25) is 0 Å². The van der Waals surface area contributed by atoms with Gasteiger partial charge in [-0.15, -0.1) is 0 Å². The van der Waals surface area contributed by atoms with Gasteiger partial charge in [0.2, 0.25) is 0 Å². The lowest BCUT2D eigenvalue weighted by Gasteiger charge is -2.13. The van der Waals surface area contributed by atoms with Gasteiger partial charge in [0, 0.05) is 4.47 Å². The van der Waals surface area contributed by atoms with Crippen molar-refractivity contribution in [1.29, 1.82) is 0 Å². The fourth-order valence-electron chi connectivity index (χ4n) is 3.09. The number of phenols is 1. The van der Waals surface area contributed by atoms with E-state index in [0.29, 0.717) is 23.4 Å². The predicted octanol–water partition coefficient (Wildman–Crippen LogP) is 3.24. The van der Waals surface area contributed by atoms with E-state index in [1.54, 1.807) is 12.1 Å². The minimum absolute atomic E-state index is 0.124. The van der Waals surface area contributed by atoms with Gasteiger partial charge in [-0.2, -0.15) is 4.98 Å². The van der Waals surface area contributed by atoms with Crippen LogP contribution in [-0.2, 0) is 4.74 Å². The van der Waals surface area contributed by atoms with Gasteiger partial charge in [0.1, 0.15) is 5.75 Å². The van der Waals surface area contributed by atoms with Crippen molar-refractivity contribution in [2.24, 2.45) is 0 Å². The molecular formula is C14H13BrN2O3. The van der Waals surface area contributed by atoms with Gasteiger partial charge < -0.3 is 14.4 Å². The van der Waals surface area contributed by atoms with Crippen molar-refractivity contribution in [1.82, 2.24) is 10.1 Å². The number of rotatable bonds is 2. The van der Waals surface area contributed by atoms with Crippen molar-refractivity contribution >= 4 is 15.9 Å². The molecule has 1 aromatic heterocycles. The van der Waals surface area contributed by atoms with Crippen LogP contribution in [0, 0.1) is 0 Å². The number of aromatic nitrogens is 2. The Morgan fingerprint density at radius 3 is 2.90 bits per heavy atom. The molecule has 4 rings (SSSR count). The van der Waals surface area contributed by atoms with Crippen LogP contribution < -0.4 is 0 Å². The second kappa shape index (κ2) is 4.56. The van der Waals surface area contributed by atoms with Crippen LogP contribution in [0.2, 0.25) is 0 Å². The van der Waals surface area contributed by atoms with Gasteiger partial charge in [0.25, 0.3) is 5.89 Å². The number of phenolic OH excluding ortho intramolecular Hbond substituents is 1. The van der Waals surface area contributed by atoms with E-state index in [1.165, 1.54) is 0 Å². The zero-order valence-electron chi connectivity index (χ0n) is 10.6. The van der Waals surface area contributed by atoms with Crippen molar-refractivity contribution in [3.63, 3.8) is 0 Å². The molecule has 2 aliphatic heterocycles. The summed E-state index contributed by atoms with van der Waals surface area (Å²) in [4.78, 5) is 4.44. The monoisotopic (exact) mass is 336 g/mol. The minimum atomic E-state index is 0.124. The summed E-state index contributed by atoms with van der Waals surface area (Å²) in [6.07, 6.45) is 3.76. The Labute approximate surface area is 124 Å². The minimum Gasteiger partial charge on any atom is -0.507 e. The third-order valence-electron chi connectivity index (χ3n) is 4.07. The molecule has 2 fully saturated rings. The standard InChI is InChI=1S/C14H13BrN2O3/c15-7-1-3-9(11(18)5-7)14-16-13(17-20-14)10-6-8-2-4-12(10)19-8/h1,3,5,8,10,12,18H,2,4,6H2. The fourth-order valence-corrected chi connectivity index (χ4v) is 3.44. The topological polar surface area (TPSA) is 68.4 Å². The lowest BCUT2D eigenvalue weighted by atomic mass is 9.89. The molecule has 0 saturated carbocycles. The maximum Gasteiger partial charge on any atom is 0.261 e. The Morgan fingerprint density at radius 1 is 1.30 bits per heavy atom. The first kappa shape index (κ1) is 12.3. The first-order chi connectivity index (χ1) is 9.70. The van der Waals surface area contributed by atoms with E-state index < -0.39 is 0 Å². The first-order valence-electron chi connectivity index (χ1n) is 6.68. The van der Waals surface area contributed by atoms with E-state index in [9.17, 15) is 5.11 Å². The number of benzene rings is 1. The molecule has 2 bridgehead atoms. The molecule has 3 unspecified atom stereocenters. The molecule has 0 aliphatic carbocycles. The Morgan fingerprint density at radius 2 is 2.20 bits per heavy atom. The van der Waals surface area contributed by atoms with Crippen LogP contribution >= 0.6 is 15.9 Å². The van der Waals surface area contributed by atoms with Crippen molar-refractivity contribution in [2.45, 2.75) is 37.4 Å². The van der Waals surface area contributed by atoms with Gasteiger partial charge in [-0.05, 0) is 37.5 Å². The smallest absolute Gasteiger partial charge is 0.261 e. The zero-order valence-corrected chi connectivity index (χ0v) is 12.2. The SMILES string of the molecule is Oc1cc(Br)ccc1-c1nc(C2CC3CCC2O3)no1. The molecule has 2 aromatic rings. The second-order valence-electron chi connectivity index (χ2n) is 5.34. The largest absolute Gasteiger partial charge is 0.507 e. The van der Waals surface area contributed by atoms with Crippen LogP contribution in [-0.4, -0.2) is 27.5 Å². The molecule has 3 atom stereocenters. The summed E-state index contributed by atoms with van der Waals surface area (Å²) in [6, 6.07) is 5.20. The number of fused-ring (bicyclic) bond motifs is 2. The lowest BCUT2D eigenvalue weighted by Crippen LogP contribution is -2.15. The molecule has 1 aromatic carbocycles. The first-order valence-corrected chi connectivity index (χ1v) is 7.48. The van der Waals surface area contributed by atoms with Crippen molar-refractivity contribution in [3.8, 4) is 17.2 Å². The average molecular weight is 337 g/mol. The summed E-state index contributed by atoms with van der Waals surface area (Å²) in [7, 11) is 0. The van der Waals surface area contributed by atoms with E-state index in [0.717, 1.165) is 23.7 Å². The predicted molar refractivity (Wildman–Crippen MR) is 74.4 cm³/mol. The highest BCUT2D eigenvalue weighted by Gasteiger charge is 2.43. The number of hydrogen-bond donors (Lipinski definition) is 1. The van der Waals surface area contributed by atoms with E-state index in [4.69, 9.17) is 9.26 Å². The van der Waals surface area contributed by atoms with Crippen LogP contribution in [0.25, 0.3) is 11.5 Å². The highest BCUT2D eigenvalue weighted by molar-refractivity contribution is 9.10. The lowest BCUT2D eigenvalue weighted by molar-refractivity contribution is 0.0996. The fraction of sp³-hybridized carbons (Fsp3) is 0.429. The molecule has 2 aliphatic rings. The molecule has 1 N–H and O–H groups in total. The molecule has 104 valence electrons. The number of ether oxygens (including phenoxy) is 1. The van der Waals surface area contributed by atoms with E-state index in [-0.39, 0.29) is 17.8 Å². The number of aromatic hydroxyl groups is 1. The molecule has 20 heavy (non-hydrogen) atoms. The third kappa shape index (κ3) is 1.94. The van der Waals surface area contributed by atoms with Crippen LogP contribution in [0.15, 0.2) is 27.2 Å². The van der Waals surface area contributed by atoms with E-state index >= 15 is 0 Å². The van der Waals surface area contributed by atoms with Gasteiger partial charge >= 0.3 is 0 Å². The van der Waals surface area contributed by atoms with Crippen molar-refractivity contribution in [2.75, 3.05) is 0 Å². The maximum absolute atomic E-state index is 9.94. The Kier molecular flexibility index (Phi) is 2.82. The van der Waals surface area contributed by atoms with Gasteiger partial charge in [-0.1, -0.05) is 21.1 Å². The van der Waals surface area contributed by atoms with Gasteiger partial charge in [-0.25, -0.2) is 0 Å². The molecular weight excluding hydrogens is 324 g/mol. The highest BCUT2D eigenvalue weighted by Crippen LogP contribution is 2.44. The summed E-state index contributed by atoms with van der Waals surface area (Å²) in [5.41, 5.74) is 0.552. The van der Waals surface area contributed by atoms with Gasteiger partial charge in [0.15, 0.2) is 5.82 Å². The highest BCUT2D eigenvalue weighted by atomic mass is 79.9. The molecule has 2 saturated heterocycles. The summed E-state index contributed by atoms with van der Waals surface area (Å²) in [5.74, 6) is 1.39.